The predicted molar refractivity (Wildman–Crippen MR) is 59.1 cm³/mol. The fraction of sp³-hybridized carbons (Fsp3) is 0.200. The molecule has 0 amide bonds. The number of nitriles is 1. The minimum absolute atomic E-state index is 0.0478. The van der Waals surface area contributed by atoms with Crippen molar-refractivity contribution in [1.29, 1.82) is 5.26 Å². The van der Waals surface area contributed by atoms with Crippen LogP contribution in [0.1, 0.15) is 11.3 Å². The minimum Gasteiger partial charge on any atom is -0.311 e. The third kappa shape index (κ3) is 2.85. The molecular weight excluding hydrogens is 279 g/mol. The van der Waals surface area contributed by atoms with Crippen LogP contribution in [0.4, 0.5) is 13.2 Å². The highest BCUT2D eigenvalue weighted by molar-refractivity contribution is 7.99. The number of halogens is 3. The molecule has 5 nitrogen and oxygen atoms in total. The summed E-state index contributed by atoms with van der Waals surface area (Å²) in [7, 11) is 1.64. The van der Waals surface area contributed by atoms with Gasteiger partial charge in [-0.3, -0.25) is 0 Å². The Morgan fingerprint density at radius 3 is 2.63 bits per heavy atom. The Kier molecular flexibility index (Phi) is 3.44. The van der Waals surface area contributed by atoms with Crippen LogP contribution in [-0.2, 0) is 13.2 Å². The van der Waals surface area contributed by atoms with Crippen LogP contribution in [0.25, 0.3) is 0 Å². The molecule has 2 aromatic heterocycles. The molecule has 0 aromatic carbocycles. The van der Waals surface area contributed by atoms with E-state index in [-0.39, 0.29) is 10.6 Å². The average molecular weight is 285 g/mol. The number of alkyl halides is 3. The zero-order valence-electron chi connectivity index (χ0n) is 9.51. The summed E-state index contributed by atoms with van der Waals surface area (Å²) in [4.78, 5) is 3.47. The van der Waals surface area contributed by atoms with Gasteiger partial charge in [-0.2, -0.15) is 18.4 Å². The van der Waals surface area contributed by atoms with Gasteiger partial charge in [0, 0.05) is 7.05 Å². The maximum absolute atomic E-state index is 12.6. The second-order valence-corrected chi connectivity index (χ2v) is 4.44. The smallest absolute Gasteiger partial charge is 0.311 e. The Labute approximate surface area is 110 Å². The fourth-order valence-electron chi connectivity index (χ4n) is 1.21. The molecule has 2 aromatic rings. The first-order valence-electron chi connectivity index (χ1n) is 4.92. The first kappa shape index (κ1) is 13.4. The van der Waals surface area contributed by atoms with Crippen molar-refractivity contribution < 1.29 is 13.2 Å². The van der Waals surface area contributed by atoms with Gasteiger partial charge < -0.3 is 4.57 Å². The molecule has 0 saturated carbocycles. The van der Waals surface area contributed by atoms with Gasteiger partial charge in [0.05, 0.1) is 5.56 Å². The van der Waals surface area contributed by atoms with Gasteiger partial charge in [0.1, 0.15) is 23.1 Å². The molecule has 0 aliphatic heterocycles. The lowest BCUT2D eigenvalue weighted by atomic mass is 10.2. The molecule has 0 atom stereocenters. The molecule has 2 heterocycles. The molecule has 9 heteroatoms. The van der Waals surface area contributed by atoms with Crippen LogP contribution in [0.3, 0.4) is 0 Å². The van der Waals surface area contributed by atoms with E-state index in [0.717, 1.165) is 23.9 Å². The Bertz CT molecular complexity index is 643. The molecule has 0 aliphatic rings. The van der Waals surface area contributed by atoms with E-state index in [2.05, 4.69) is 15.2 Å². The van der Waals surface area contributed by atoms with Crippen molar-refractivity contribution in [3.8, 4) is 6.07 Å². The molecule has 0 unspecified atom stereocenters. The number of hydrogen-bond donors (Lipinski definition) is 0. The minimum atomic E-state index is -4.55. The van der Waals surface area contributed by atoms with Crippen LogP contribution in [0.5, 0.6) is 0 Å². The molecule has 0 spiro atoms. The number of rotatable bonds is 2. The fourth-order valence-corrected chi connectivity index (χ4v) is 2.03. The number of aromatic nitrogens is 4. The molecular formula is C10H6F3N5S. The van der Waals surface area contributed by atoms with Crippen molar-refractivity contribution >= 4 is 11.8 Å². The van der Waals surface area contributed by atoms with Crippen molar-refractivity contribution in [3.63, 3.8) is 0 Å². The summed E-state index contributed by atoms with van der Waals surface area (Å²) in [5, 5.41) is 16.5. The molecule has 0 fully saturated rings. The Morgan fingerprint density at radius 1 is 1.37 bits per heavy atom. The van der Waals surface area contributed by atoms with Crippen molar-refractivity contribution in [1.82, 2.24) is 19.7 Å². The van der Waals surface area contributed by atoms with Gasteiger partial charge in [-0.25, -0.2) is 4.98 Å². The highest BCUT2D eigenvalue weighted by atomic mass is 32.2. The van der Waals surface area contributed by atoms with E-state index in [1.54, 1.807) is 13.1 Å². The second-order valence-electron chi connectivity index (χ2n) is 3.49. The number of hydrogen-bond acceptors (Lipinski definition) is 5. The number of nitrogens with zero attached hydrogens (tertiary/aromatic N) is 5. The van der Waals surface area contributed by atoms with E-state index in [1.807, 2.05) is 0 Å². The SMILES string of the molecule is Cn1cnnc1Sc1nc(C(F)(F)F)ccc1C#N. The molecule has 2 rings (SSSR count). The molecule has 98 valence electrons. The van der Waals surface area contributed by atoms with Crippen LogP contribution in [-0.4, -0.2) is 19.7 Å². The maximum Gasteiger partial charge on any atom is 0.433 e. The highest BCUT2D eigenvalue weighted by Crippen LogP contribution is 2.32. The lowest BCUT2D eigenvalue weighted by molar-refractivity contribution is -0.141. The topological polar surface area (TPSA) is 67.4 Å². The number of pyridine rings is 1. The summed E-state index contributed by atoms with van der Waals surface area (Å²) in [6.45, 7) is 0. The van der Waals surface area contributed by atoms with E-state index >= 15 is 0 Å². The summed E-state index contributed by atoms with van der Waals surface area (Å²) >= 11 is 0.858. The molecule has 0 N–H and O–H groups in total. The van der Waals surface area contributed by atoms with Gasteiger partial charge in [0.25, 0.3) is 0 Å². The van der Waals surface area contributed by atoms with E-state index in [0.29, 0.717) is 5.16 Å². The monoisotopic (exact) mass is 285 g/mol. The van der Waals surface area contributed by atoms with Crippen LogP contribution in [0, 0.1) is 11.3 Å². The summed E-state index contributed by atoms with van der Waals surface area (Å²) in [6, 6.07) is 3.67. The highest BCUT2D eigenvalue weighted by Gasteiger charge is 2.33. The third-order valence-electron chi connectivity index (χ3n) is 2.13. The summed E-state index contributed by atoms with van der Waals surface area (Å²) in [5.74, 6) is 0. The van der Waals surface area contributed by atoms with Gasteiger partial charge in [-0.15, -0.1) is 10.2 Å². The van der Waals surface area contributed by atoms with Crippen molar-refractivity contribution in [3.05, 3.63) is 29.7 Å². The first-order chi connectivity index (χ1) is 8.91. The maximum atomic E-state index is 12.6. The Balaban J connectivity index is 2.43. The standard InChI is InChI=1S/C10H6F3N5S/c1-18-5-15-17-9(18)19-8-6(4-14)2-3-7(16-8)10(11,12)13/h2-3,5H,1H3. The van der Waals surface area contributed by atoms with Gasteiger partial charge in [0.15, 0.2) is 5.16 Å². The summed E-state index contributed by atoms with van der Waals surface area (Å²) in [6.07, 6.45) is -3.15. The van der Waals surface area contributed by atoms with E-state index in [4.69, 9.17) is 5.26 Å². The Morgan fingerprint density at radius 2 is 2.11 bits per heavy atom. The van der Waals surface area contributed by atoms with Crippen LogP contribution >= 0.6 is 11.8 Å². The van der Waals surface area contributed by atoms with Gasteiger partial charge in [-0.1, -0.05) is 0 Å². The van der Waals surface area contributed by atoms with Crippen molar-refractivity contribution in [2.45, 2.75) is 16.4 Å². The van der Waals surface area contributed by atoms with Crippen molar-refractivity contribution in [2.75, 3.05) is 0 Å². The van der Waals surface area contributed by atoms with Gasteiger partial charge >= 0.3 is 6.18 Å². The zero-order valence-corrected chi connectivity index (χ0v) is 10.3. The average Bonchev–Trinajstić information content (AvgIpc) is 2.74. The van der Waals surface area contributed by atoms with Gasteiger partial charge in [-0.05, 0) is 23.9 Å². The van der Waals surface area contributed by atoms with Gasteiger partial charge in [0.2, 0.25) is 0 Å². The molecule has 0 saturated heterocycles. The second kappa shape index (κ2) is 4.89. The lowest BCUT2D eigenvalue weighted by Crippen LogP contribution is -2.09. The Hall–Kier alpha value is -2.08. The predicted octanol–water partition coefficient (Wildman–Crippen LogP) is 2.25. The normalized spacial score (nSPS) is 11.3. The van der Waals surface area contributed by atoms with Crippen LogP contribution in [0.15, 0.2) is 28.6 Å². The van der Waals surface area contributed by atoms with E-state index < -0.39 is 11.9 Å². The largest absolute Gasteiger partial charge is 0.433 e. The quantitative estimate of drug-likeness (QED) is 0.846. The van der Waals surface area contributed by atoms with E-state index in [1.165, 1.54) is 10.9 Å². The third-order valence-corrected chi connectivity index (χ3v) is 3.19. The van der Waals surface area contributed by atoms with Crippen LogP contribution < -0.4 is 0 Å². The number of aryl methyl sites for hydroxylation is 1. The molecule has 0 bridgehead atoms. The summed E-state index contributed by atoms with van der Waals surface area (Å²) < 4.78 is 39.2. The van der Waals surface area contributed by atoms with Crippen LogP contribution in [0.2, 0.25) is 0 Å². The van der Waals surface area contributed by atoms with Crippen molar-refractivity contribution in [2.24, 2.45) is 7.05 Å². The molecule has 0 radical (unpaired) electrons. The summed E-state index contributed by atoms with van der Waals surface area (Å²) in [5.41, 5.74) is -0.989. The molecule has 0 aliphatic carbocycles. The van der Waals surface area contributed by atoms with E-state index in [9.17, 15) is 13.2 Å². The molecule has 19 heavy (non-hydrogen) atoms. The first-order valence-corrected chi connectivity index (χ1v) is 5.73. The zero-order chi connectivity index (χ0) is 14.0. The lowest BCUT2D eigenvalue weighted by Gasteiger charge is -2.08.